The maximum atomic E-state index is 13.1. The lowest BCUT2D eigenvalue weighted by molar-refractivity contribution is -0.135. The number of rotatable bonds is 4. The van der Waals surface area contributed by atoms with Gasteiger partial charge in [-0.05, 0) is 41.5 Å². The highest BCUT2D eigenvalue weighted by Crippen LogP contribution is 2.51. The van der Waals surface area contributed by atoms with Crippen LogP contribution in [0.15, 0.2) is 60.4 Å². The second-order valence-corrected chi connectivity index (χ2v) is 7.71. The Morgan fingerprint density at radius 1 is 0.970 bits per heavy atom. The molecule has 0 fully saturated rings. The van der Waals surface area contributed by atoms with E-state index >= 15 is 0 Å². The number of methoxy groups -OCH3 is 2. The zero-order valence-corrected chi connectivity index (χ0v) is 18.0. The number of carbonyl (C=O) groups excluding carboxylic acids is 2. The van der Waals surface area contributed by atoms with Gasteiger partial charge >= 0.3 is 5.97 Å². The van der Waals surface area contributed by atoms with Crippen LogP contribution in [0.4, 0.5) is 0 Å². The summed E-state index contributed by atoms with van der Waals surface area (Å²) < 4.78 is 22.1. The molecule has 0 unspecified atom stereocenters. The summed E-state index contributed by atoms with van der Waals surface area (Å²) in [7, 11) is 2.86. The molecule has 3 aromatic carbocycles. The first-order valence-corrected chi connectivity index (χ1v) is 10.3. The van der Waals surface area contributed by atoms with Gasteiger partial charge in [0.2, 0.25) is 11.5 Å². The molecule has 0 amide bonds. The van der Waals surface area contributed by atoms with E-state index in [1.54, 1.807) is 30.3 Å². The fourth-order valence-corrected chi connectivity index (χ4v) is 4.21. The highest BCUT2D eigenvalue weighted by atomic mass is 16.5. The van der Waals surface area contributed by atoms with Crippen LogP contribution in [0.5, 0.6) is 28.7 Å². The number of carbonyl (C=O) groups is 2. The number of ketones is 1. The van der Waals surface area contributed by atoms with Crippen LogP contribution in [-0.2, 0) is 4.79 Å². The number of aromatic hydroxyl groups is 1. The molecule has 7 nitrogen and oxygen atoms in total. The van der Waals surface area contributed by atoms with Crippen molar-refractivity contribution in [2.24, 2.45) is 0 Å². The van der Waals surface area contributed by atoms with E-state index in [0.717, 1.165) is 5.56 Å². The molecule has 2 aliphatic heterocycles. The van der Waals surface area contributed by atoms with E-state index in [4.69, 9.17) is 18.9 Å². The summed E-state index contributed by atoms with van der Waals surface area (Å²) in [6, 6.07) is 15.9. The standard InChI is InChI=1S/C26H20O7/c1-30-19-11-15(12-20(31-2)25(19)29)17-13-22(27)32-18-9-8-16-24(28)21(33-26(16)23(17)18)10-14-6-4-3-5-7-14/h3-12,17,29H,13H2,1-2H3/b21-10+/t17-/m1/s1. The number of allylic oxidation sites excluding steroid dienone is 1. The number of hydrogen-bond acceptors (Lipinski definition) is 7. The van der Waals surface area contributed by atoms with E-state index in [2.05, 4.69) is 0 Å². The van der Waals surface area contributed by atoms with Gasteiger partial charge < -0.3 is 24.1 Å². The molecule has 1 N–H and O–H groups in total. The molecule has 0 aromatic heterocycles. The third-order valence-corrected chi connectivity index (χ3v) is 5.78. The van der Waals surface area contributed by atoms with Gasteiger partial charge in [0.1, 0.15) is 11.5 Å². The van der Waals surface area contributed by atoms with Crippen molar-refractivity contribution >= 4 is 17.8 Å². The molecular weight excluding hydrogens is 424 g/mol. The van der Waals surface area contributed by atoms with E-state index in [-0.39, 0.29) is 35.2 Å². The monoisotopic (exact) mass is 444 g/mol. The van der Waals surface area contributed by atoms with Crippen LogP contribution >= 0.6 is 0 Å². The lowest BCUT2D eigenvalue weighted by atomic mass is 9.84. The molecular formula is C26H20O7. The summed E-state index contributed by atoms with van der Waals surface area (Å²) in [5.74, 6) is 0.0110. The third kappa shape index (κ3) is 3.47. The molecule has 2 heterocycles. The summed E-state index contributed by atoms with van der Waals surface area (Å²) in [4.78, 5) is 25.5. The number of phenolic OH excluding ortho intramolecular Hbond substituents is 1. The number of ether oxygens (including phenoxy) is 4. The van der Waals surface area contributed by atoms with Gasteiger partial charge in [-0.25, -0.2) is 0 Å². The number of benzene rings is 3. The first-order valence-electron chi connectivity index (χ1n) is 10.3. The lowest BCUT2D eigenvalue weighted by Crippen LogP contribution is -2.21. The molecule has 33 heavy (non-hydrogen) atoms. The molecule has 1 atom stereocenters. The molecule has 2 aliphatic rings. The molecule has 0 bridgehead atoms. The highest BCUT2D eigenvalue weighted by Gasteiger charge is 2.39. The van der Waals surface area contributed by atoms with Crippen molar-refractivity contribution in [1.82, 2.24) is 0 Å². The van der Waals surface area contributed by atoms with E-state index in [1.165, 1.54) is 14.2 Å². The third-order valence-electron chi connectivity index (χ3n) is 5.78. The van der Waals surface area contributed by atoms with E-state index in [9.17, 15) is 14.7 Å². The van der Waals surface area contributed by atoms with Crippen molar-refractivity contribution in [2.75, 3.05) is 14.2 Å². The van der Waals surface area contributed by atoms with Crippen molar-refractivity contribution in [2.45, 2.75) is 12.3 Å². The van der Waals surface area contributed by atoms with Gasteiger partial charge in [0.15, 0.2) is 17.3 Å². The Morgan fingerprint density at radius 3 is 2.33 bits per heavy atom. The number of fused-ring (bicyclic) bond motifs is 3. The smallest absolute Gasteiger partial charge is 0.312 e. The van der Waals surface area contributed by atoms with Gasteiger partial charge in [-0.15, -0.1) is 0 Å². The SMILES string of the molecule is COc1cc([C@H]2CC(=O)Oc3ccc4c(c32)O/C(=C/c2ccccc2)C4=O)cc(OC)c1O. The Morgan fingerprint density at radius 2 is 1.67 bits per heavy atom. The van der Waals surface area contributed by atoms with Gasteiger partial charge in [-0.3, -0.25) is 9.59 Å². The largest absolute Gasteiger partial charge is 0.502 e. The molecule has 0 saturated heterocycles. The van der Waals surface area contributed by atoms with Crippen LogP contribution in [0.3, 0.4) is 0 Å². The minimum absolute atomic E-state index is 0.0236. The summed E-state index contributed by atoms with van der Waals surface area (Å²) in [5.41, 5.74) is 2.48. The van der Waals surface area contributed by atoms with Crippen LogP contribution in [0.1, 0.15) is 39.4 Å². The van der Waals surface area contributed by atoms with Crippen molar-refractivity contribution in [3.63, 3.8) is 0 Å². The van der Waals surface area contributed by atoms with Crippen LogP contribution in [0.2, 0.25) is 0 Å². The van der Waals surface area contributed by atoms with Gasteiger partial charge in [0, 0.05) is 11.5 Å². The zero-order chi connectivity index (χ0) is 23.1. The highest BCUT2D eigenvalue weighted by molar-refractivity contribution is 6.15. The van der Waals surface area contributed by atoms with Crippen molar-refractivity contribution in [3.05, 3.63) is 82.6 Å². The number of Topliss-reactive ketones (excluding diaryl/α,β-unsaturated/α-hetero) is 1. The first-order chi connectivity index (χ1) is 16.0. The van der Waals surface area contributed by atoms with Crippen molar-refractivity contribution in [3.8, 4) is 28.7 Å². The van der Waals surface area contributed by atoms with Crippen LogP contribution < -0.4 is 18.9 Å². The number of esters is 1. The summed E-state index contributed by atoms with van der Waals surface area (Å²) in [6.07, 6.45) is 1.71. The zero-order valence-electron chi connectivity index (χ0n) is 18.0. The van der Waals surface area contributed by atoms with Crippen LogP contribution in [0, 0.1) is 0 Å². The quantitative estimate of drug-likeness (QED) is 0.361. The van der Waals surface area contributed by atoms with Gasteiger partial charge in [0.25, 0.3) is 0 Å². The maximum absolute atomic E-state index is 13.1. The van der Waals surface area contributed by atoms with Crippen LogP contribution in [-0.4, -0.2) is 31.1 Å². The normalized spacial score (nSPS) is 17.8. The average molecular weight is 444 g/mol. The van der Waals surface area contributed by atoms with E-state index in [1.807, 2.05) is 30.3 Å². The average Bonchev–Trinajstić information content (AvgIpc) is 3.14. The Labute approximate surface area is 189 Å². The second-order valence-electron chi connectivity index (χ2n) is 7.71. The van der Waals surface area contributed by atoms with Crippen molar-refractivity contribution < 1.29 is 33.6 Å². The predicted molar refractivity (Wildman–Crippen MR) is 119 cm³/mol. The van der Waals surface area contributed by atoms with Gasteiger partial charge in [0.05, 0.1) is 26.2 Å². The molecule has 0 spiro atoms. The molecule has 0 aliphatic carbocycles. The van der Waals surface area contributed by atoms with E-state index < -0.39 is 11.9 Å². The molecule has 7 heteroatoms. The molecule has 0 radical (unpaired) electrons. The Bertz CT molecular complexity index is 1280. The summed E-state index contributed by atoms with van der Waals surface area (Å²) in [5, 5.41) is 10.3. The molecule has 166 valence electrons. The Hall–Kier alpha value is -4.26. The first kappa shape index (κ1) is 20.6. The van der Waals surface area contributed by atoms with Crippen molar-refractivity contribution in [1.29, 1.82) is 0 Å². The maximum Gasteiger partial charge on any atom is 0.312 e. The summed E-state index contributed by atoms with van der Waals surface area (Å²) in [6.45, 7) is 0. The molecule has 3 aromatic rings. The minimum Gasteiger partial charge on any atom is -0.502 e. The summed E-state index contributed by atoms with van der Waals surface area (Å²) >= 11 is 0. The number of phenols is 1. The second kappa shape index (κ2) is 8.02. The van der Waals surface area contributed by atoms with Gasteiger partial charge in [-0.2, -0.15) is 0 Å². The number of hydrogen-bond donors (Lipinski definition) is 1. The fourth-order valence-electron chi connectivity index (χ4n) is 4.21. The molecule has 0 saturated carbocycles. The predicted octanol–water partition coefficient (Wildman–Crippen LogP) is 4.47. The van der Waals surface area contributed by atoms with E-state index in [0.29, 0.717) is 28.2 Å². The van der Waals surface area contributed by atoms with Gasteiger partial charge in [-0.1, -0.05) is 30.3 Å². The van der Waals surface area contributed by atoms with Crippen LogP contribution in [0.25, 0.3) is 6.08 Å². The lowest BCUT2D eigenvalue weighted by Gasteiger charge is -2.27. The fraction of sp³-hybridized carbons (Fsp3) is 0.154. The Balaban J connectivity index is 1.65. The topological polar surface area (TPSA) is 91.3 Å². The Kier molecular flexibility index (Phi) is 5.01. The minimum atomic E-state index is -0.497. The molecule has 5 rings (SSSR count).